The third-order valence-corrected chi connectivity index (χ3v) is 3.33. The normalized spacial score (nSPS) is 10.7. The third-order valence-electron chi connectivity index (χ3n) is 3.33. The van der Waals surface area contributed by atoms with Crippen LogP contribution in [-0.2, 0) is 6.54 Å². The summed E-state index contributed by atoms with van der Waals surface area (Å²) in [6.07, 6.45) is 4.84. The van der Waals surface area contributed by atoms with E-state index in [1.807, 2.05) is 6.20 Å². The number of hydrogen-bond donors (Lipinski definition) is 1. The predicted molar refractivity (Wildman–Crippen MR) is 77.2 cm³/mol. The Morgan fingerprint density at radius 3 is 2.63 bits per heavy atom. The summed E-state index contributed by atoms with van der Waals surface area (Å²) >= 11 is 0. The lowest BCUT2D eigenvalue weighted by atomic mass is 10.1. The molecule has 0 atom stereocenters. The van der Waals surface area contributed by atoms with Crippen molar-refractivity contribution in [1.82, 2.24) is 19.7 Å². The molecule has 2 aromatic rings. The van der Waals surface area contributed by atoms with Gasteiger partial charge in [0.2, 0.25) is 0 Å². The van der Waals surface area contributed by atoms with Gasteiger partial charge in [0.1, 0.15) is 5.69 Å². The first-order valence-corrected chi connectivity index (χ1v) is 6.78. The first-order valence-electron chi connectivity index (χ1n) is 6.78. The number of rotatable bonds is 5. The molecule has 2 rings (SSSR count). The van der Waals surface area contributed by atoms with E-state index in [2.05, 4.69) is 52.8 Å². The van der Waals surface area contributed by atoms with E-state index in [0.717, 1.165) is 48.0 Å². The summed E-state index contributed by atoms with van der Waals surface area (Å²) in [6, 6.07) is 0. The highest BCUT2D eigenvalue weighted by Gasteiger charge is 2.14. The SMILES string of the molecule is CCCNc1nnc(-c2nccn2CC)c(C)c1C. The fraction of sp³-hybridized carbons (Fsp3) is 0.500. The summed E-state index contributed by atoms with van der Waals surface area (Å²) < 4.78 is 2.08. The summed E-state index contributed by atoms with van der Waals surface area (Å²) in [6.45, 7) is 10.2. The Balaban J connectivity index is 2.41. The molecule has 0 spiro atoms. The number of nitrogens with one attached hydrogen (secondary N) is 1. The molecule has 0 radical (unpaired) electrons. The van der Waals surface area contributed by atoms with Crippen LogP contribution < -0.4 is 5.32 Å². The molecule has 0 aliphatic carbocycles. The van der Waals surface area contributed by atoms with Crippen molar-refractivity contribution in [1.29, 1.82) is 0 Å². The number of imidazole rings is 1. The number of anilines is 1. The van der Waals surface area contributed by atoms with Gasteiger partial charge in [-0.1, -0.05) is 6.92 Å². The van der Waals surface area contributed by atoms with Crippen LogP contribution in [-0.4, -0.2) is 26.3 Å². The van der Waals surface area contributed by atoms with Gasteiger partial charge < -0.3 is 9.88 Å². The van der Waals surface area contributed by atoms with Gasteiger partial charge in [-0.2, -0.15) is 0 Å². The predicted octanol–water partition coefficient (Wildman–Crippen LogP) is 2.80. The smallest absolute Gasteiger partial charge is 0.160 e. The van der Waals surface area contributed by atoms with E-state index < -0.39 is 0 Å². The van der Waals surface area contributed by atoms with E-state index in [-0.39, 0.29) is 0 Å². The van der Waals surface area contributed by atoms with Crippen molar-refractivity contribution in [3.8, 4) is 11.5 Å². The number of aryl methyl sites for hydroxylation is 1. The molecule has 0 bridgehead atoms. The number of nitrogens with zero attached hydrogens (tertiary/aromatic N) is 4. The lowest BCUT2D eigenvalue weighted by molar-refractivity contribution is 0.763. The van der Waals surface area contributed by atoms with Crippen LogP contribution in [0.5, 0.6) is 0 Å². The second-order valence-electron chi connectivity index (χ2n) is 4.61. The van der Waals surface area contributed by atoms with Crippen LogP contribution in [0.3, 0.4) is 0 Å². The largest absolute Gasteiger partial charge is 0.368 e. The van der Waals surface area contributed by atoms with Crippen molar-refractivity contribution in [2.24, 2.45) is 0 Å². The van der Waals surface area contributed by atoms with Crippen molar-refractivity contribution in [3.63, 3.8) is 0 Å². The molecule has 0 aliphatic rings. The third kappa shape index (κ3) is 2.59. The van der Waals surface area contributed by atoms with Crippen LogP contribution in [0, 0.1) is 13.8 Å². The van der Waals surface area contributed by atoms with Gasteiger partial charge >= 0.3 is 0 Å². The molecule has 5 heteroatoms. The van der Waals surface area contributed by atoms with E-state index in [1.54, 1.807) is 6.20 Å². The molecule has 102 valence electrons. The summed E-state index contributed by atoms with van der Waals surface area (Å²) in [7, 11) is 0. The molecule has 0 fully saturated rings. The van der Waals surface area contributed by atoms with Crippen molar-refractivity contribution in [3.05, 3.63) is 23.5 Å². The summed E-state index contributed by atoms with van der Waals surface area (Å²) in [4.78, 5) is 4.39. The Bertz CT molecular complexity index is 559. The molecule has 19 heavy (non-hydrogen) atoms. The maximum atomic E-state index is 4.39. The van der Waals surface area contributed by atoms with Crippen LogP contribution in [0.2, 0.25) is 0 Å². The van der Waals surface area contributed by atoms with Crippen molar-refractivity contribution < 1.29 is 0 Å². The molecule has 0 aliphatic heterocycles. The summed E-state index contributed by atoms with van der Waals surface area (Å²) in [5.41, 5.74) is 3.14. The fourth-order valence-corrected chi connectivity index (χ4v) is 2.01. The summed E-state index contributed by atoms with van der Waals surface area (Å²) in [5, 5.41) is 11.9. The molecule has 0 saturated heterocycles. The molecule has 0 aromatic carbocycles. The monoisotopic (exact) mass is 259 g/mol. The first-order chi connectivity index (χ1) is 9.19. The quantitative estimate of drug-likeness (QED) is 0.897. The van der Waals surface area contributed by atoms with E-state index >= 15 is 0 Å². The molecular weight excluding hydrogens is 238 g/mol. The van der Waals surface area contributed by atoms with Gasteiger partial charge in [-0.25, -0.2) is 4.98 Å². The zero-order chi connectivity index (χ0) is 13.8. The molecule has 0 saturated carbocycles. The average Bonchev–Trinajstić information content (AvgIpc) is 2.88. The highest BCUT2D eigenvalue weighted by Crippen LogP contribution is 2.24. The second-order valence-corrected chi connectivity index (χ2v) is 4.61. The Morgan fingerprint density at radius 1 is 1.16 bits per heavy atom. The Morgan fingerprint density at radius 2 is 1.95 bits per heavy atom. The average molecular weight is 259 g/mol. The van der Waals surface area contributed by atoms with E-state index in [1.165, 1.54) is 0 Å². The Kier molecular flexibility index (Phi) is 4.14. The fourth-order valence-electron chi connectivity index (χ4n) is 2.01. The number of hydrogen-bond acceptors (Lipinski definition) is 4. The van der Waals surface area contributed by atoms with Crippen LogP contribution >= 0.6 is 0 Å². The van der Waals surface area contributed by atoms with Crippen LogP contribution in [0.15, 0.2) is 12.4 Å². The van der Waals surface area contributed by atoms with Gasteiger partial charge in [0.15, 0.2) is 11.6 Å². The van der Waals surface area contributed by atoms with Gasteiger partial charge in [-0.3, -0.25) is 0 Å². The highest BCUT2D eigenvalue weighted by molar-refractivity contribution is 5.61. The summed E-state index contributed by atoms with van der Waals surface area (Å²) in [5.74, 6) is 1.76. The zero-order valence-corrected chi connectivity index (χ0v) is 12.1. The van der Waals surface area contributed by atoms with Gasteiger partial charge in [0, 0.05) is 25.5 Å². The van der Waals surface area contributed by atoms with Gasteiger partial charge in [-0.05, 0) is 38.3 Å². The first kappa shape index (κ1) is 13.5. The van der Waals surface area contributed by atoms with Gasteiger partial charge in [0.05, 0.1) is 0 Å². The highest BCUT2D eigenvalue weighted by atomic mass is 15.2. The topological polar surface area (TPSA) is 55.6 Å². The van der Waals surface area contributed by atoms with E-state index in [4.69, 9.17) is 0 Å². The Labute approximate surface area is 114 Å². The van der Waals surface area contributed by atoms with Crippen molar-refractivity contribution in [2.45, 2.75) is 40.7 Å². The Hall–Kier alpha value is -1.91. The second kappa shape index (κ2) is 5.82. The van der Waals surface area contributed by atoms with Crippen LogP contribution in [0.25, 0.3) is 11.5 Å². The molecular formula is C14H21N5. The molecule has 5 nitrogen and oxygen atoms in total. The minimum atomic E-state index is 0.867. The van der Waals surface area contributed by atoms with Crippen molar-refractivity contribution in [2.75, 3.05) is 11.9 Å². The lowest BCUT2D eigenvalue weighted by Gasteiger charge is -2.12. The van der Waals surface area contributed by atoms with Gasteiger partial charge in [0.25, 0.3) is 0 Å². The van der Waals surface area contributed by atoms with Crippen LogP contribution in [0.4, 0.5) is 5.82 Å². The molecule has 2 heterocycles. The zero-order valence-electron chi connectivity index (χ0n) is 12.1. The lowest BCUT2D eigenvalue weighted by Crippen LogP contribution is -2.09. The maximum Gasteiger partial charge on any atom is 0.160 e. The maximum absolute atomic E-state index is 4.39. The molecule has 2 aromatic heterocycles. The van der Waals surface area contributed by atoms with E-state index in [0.29, 0.717) is 0 Å². The number of aromatic nitrogens is 4. The minimum Gasteiger partial charge on any atom is -0.368 e. The van der Waals surface area contributed by atoms with Gasteiger partial charge in [-0.15, -0.1) is 10.2 Å². The minimum absolute atomic E-state index is 0.867. The molecule has 0 unspecified atom stereocenters. The molecule has 0 amide bonds. The van der Waals surface area contributed by atoms with Crippen LogP contribution in [0.1, 0.15) is 31.4 Å². The standard InChI is InChI=1S/C14H21N5/c1-5-7-15-13-11(4)10(3)12(17-18-13)14-16-8-9-19(14)6-2/h8-9H,5-7H2,1-4H3,(H,15,18). The van der Waals surface area contributed by atoms with E-state index in [9.17, 15) is 0 Å². The molecule has 1 N–H and O–H groups in total. The van der Waals surface area contributed by atoms with Crippen molar-refractivity contribution >= 4 is 5.82 Å².